The summed E-state index contributed by atoms with van der Waals surface area (Å²) in [4.78, 5) is 40.8. The Balaban J connectivity index is 1.20. The Morgan fingerprint density at radius 2 is 1.72 bits per heavy atom. The van der Waals surface area contributed by atoms with Gasteiger partial charge in [-0.3, -0.25) is 14.6 Å². The molecule has 3 atom stereocenters. The van der Waals surface area contributed by atoms with Crippen LogP contribution in [0.2, 0.25) is 0 Å². The Labute approximate surface area is 247 Å². The summed E-state index contributed by atoms with van der Waals surface area (Å²) in [5.74, 6) is 1.27. The molecular weight excluding hydrogens is 542 g/mol. The van der Waals surface area contributed by atoms with Gasteiger partial charge in [-0.05, 0) is 50.5 Å². The van der Waals surface area contributed by atoms with Gasteiger partial charge in [0.05, 0.1) is 17.6 Å². The number of hydrogen-bond donors (Lipinski definition) is 2. The van der Waals surface area contributed by atoms with Gasteiger partial charge >= 0.3 is 0 Å². The molecule has 0 spiro atoms. The number of carbonyl (C=O) groups excluding carboxylic acids is 2. The molecule has 11 nitrogen and oxygen atoms in total. The molecule has 0 unspecified atom stereocenters. The number of H-pyrrole nitrogens is 1. The molecule has 3 aliphatic rings. The van der Waals surface area contributed by atoms with Gasteiger partial charge in [0.2, 0.25) is 11.7 Å². The lowest BCUT2D eigenvalue weighted by Crippen LogP contribution is -2.46. The van der Waals surface area contributed by atoms with Crippen LogP contribution in [0.15, 0.2) is 61.2 Å². The van der Waals surface area contributed by atoms with E-state index in [1.54, 1.807) is 4.52 Å². The topological polar surface area (TPSA) is 134 Å². The quantitative estimate of drug-likeness (QED) is 0.293. The molecule has 11 heteroatoms. The number of anilines is 1. The van der Waals surface area contributed by atoms with Crippen molar-refractivity contribution in [2.24, 2.45) is 0 Å². The van der Waals surface area contributed by atoms with Crippen LogP contribution in [-0.4, -0.2) is 63.6 Å². The van der Waals surface area contributed by atoms with E-state index in [0.29, 0.717) is 17.4 Å². The molecule has 0 radical (unpaired) electrons. The summed E-state index contributed by atoms with van der Waals surface area (Å²) < 4.78 is 1.79. The second-order valence-corrected chi connectivity index (χ2v) is 11.9. The van der Waals surface area contributed by atoms with E-state index in [9.17, 15) is 9.59 Å². The summed E-state index contributed by atoms with van der Waals surface area (Å²) in [7, 11) is 0. The summed E-state index contributed by atoms with van der Waals surface area (Å²) in [6.45, 7) is 1.53. The van der Waals surface area contributed by atoms with Crippen LogP contribution in [0.1, 0.15) is 79.2 Å². The Bertz CT molecular complexity index is 1810. The van der Waals surface area contributed by atoms with Crippen LogP contribution < -0.4 is 5.32 Å². The number of aromatic amines is 1. The minimum atomic E-state index is -0.140. The molecule has 43 heavy (non-hydrogen) atoms. The number of amides is 2. The standard InChI is InChI=1S/C32H31N9O2/c1-18(42)37-31-27(20-7-8-20)28(22-13-23-10-11-24(14-22)40(23)32(43)29-34-17-35-39-29)38-30-25(16-36-41(30)31)21-9-12-26(33-15-21)19-5-3-2-4-6-19/h2-6,9,12,15-17,20,22-24H,7-8,10-11,13-14H2,1H3,(H,37,42)(H,34,35,39)/t22-,23+,24-. The van der Waals surface area contributed by atoms with Crippen LogP contribution in [0.4, 0.5) is 5.82 Å². The molecule has 2 N–H and O–H groups in total. The molecule has 2 aliphatic heterocycles. The molecule has 1 aliphatic carbocycles. The van der Waals surface area contributed by atoms with E-state index in [4.69, 9.17) is 15.1 Å². The van der Waals surface area contributed by atoms with Gasteiger partial charge in [0, 0.05) is 53.4 Å². The third kappa shape index (κ3) is 4.46. The predicted octanol–water partition coefficient (Wildman–Crippen LogP) is 4.96. The van der Waals surface area contributed by atoms with Crippen molar-refractivity contribution in [3.63, 3.8) is 0 Å². The molecule has 2 bridgehead atoms. The minimum absolute atomic E-state index is 0.0854. The maximum atomic E-state index is 13.3. The molecule has 5 aromatic rings. The first-order chi connectivity index (χ1) is 21.0. The number of carbonyl (C=O) groups is 2. The average molecular weight is 574 g/mol. The SMILES string of the molecule is CC(=O)Nc1c(C2CC2)c([C@H]2C[C@H]3CC[C@@H](C2)N3C(=O)c2nnc[nH]2)nc2c(-c3ccc(-c4ccccc4)nc3)cnn12. The van der Waals surface area contributed by atoms with Gasteiger partial charge in [0.15, 0.2) is 5.65 Å². The van der Waals surface area contributed by atoms with Crippen LogP contribution in [0.25, 0.3) is 28.0 Å². The molecular formula is C32H31N9O2. The Kier molecular flexibility index (Phi) is 6.06. The number of rotatable bonds is 6. The highest BCUT2D eigenvalue weighted by Gasteiger charge is 2.46. The molecule has 216 valence electrons. The Morgan fingerprint density at radius 1 is 0.930 bits per heavy atom. The van der Waals surface area contributed by atoms with E-state index >= 15 is 0 Å². The predicted molar refractivity (Wildman–Crippen MR) is 159 cm³/mol. The Morgan fingerprint density at radius 3 is 2.37 bits per heavy atom. The van der Waals surface area contributed by atoms with Crippen LogP contribution in [0, 0.1) is 0 Å². The van der Waals surface area contributed by atoms with Crippen molar-refractivity contribution in [2.45, 2.75) is 69.4 Å². The van der Waals surface area contributed by atoms with Gasteiger partial charge in [0.25, 0.3) is 5.91 Å². The fourth-order valence-electron chi connectivity index (χ4n) is 7.10. The van der Waals surface area contributed by atoms with Crippen molar-refractivity contribution in [1.82, 2.24) is 39.7 Å². The number of aromatic nitrogens is 7. The average Bonchev–Trinajstić information content (AvgIpc) is 3.41. The zero-order valence-electron chi connectivity index (χ0n) is 23.8. The number of nitrogens with one attached hydrogen (secondary N) is 2. The largest absolute Gasteiger partial charge is 0.330 e. The highest BCUT2D eigenvalue weighted by atomic mass is 16.2. The number of hydrogen-bond acceptors (Lipinski definition) is 7. The summed E-state index contributed by atoms with van der Waals surface area (Å²) >= 11 is 0. The van der Waals surface area contributed by atoms with Gasteiger partial charge < -0.3 is 15.2 Å². The van der Waals surface area contributed by atoms with E-state index in [1.165, 1.54) is 13.3 Å². The van der Waals surface area contributed by atoms with Gasteiger partial charge in [-0.25, -0.2) is 4.98 Å². The van der Waals surface area contributed by atoms with Crippen molar-refractivity contribution in [3.8, 4) is 22.4 Å². The van der Waals surface area contributed by atoms with Crippen LogP contribution in [0.5, 0.6) is 0 Å². The van der Waals surface area contributed by atoms with Crippen molar-refractivity contribution in [1.29, 1.82) is 0 Å². The Hall–Kier alpha value is -4.93. The van der Waals surface area contributed by atoms with E-state index in [1.807, 2.05) is 59.8 Å². The maximum Gasteiger partial charge on any atom is 0.292 e. The van der Waals surface area contributed by atoms with Crippen LogP contribution in [0.3, 0.4) is 0 Å². The zero-order valence-corrected chi connectivity index (χ0v) is 23.8. The fourth-order valence-corrected chi connectivity index (χ4v) is 7.10. The molecule has 6 heterocycles. The van der Waals surface area contributed by atoms with E-state index in [2.05, 4.69) is 20.5 Å². The van der Waals surface area contributed by atoms with E-state index in [0.717, 1.165) is 72.2 Å². The minimum Gasteiger partial charge on any atom is -0.330 e. The second kappa shape index (κ2) is 10.1. The van der Waals surface area contributed by atoms with Gasteiger partial charge in [-0.15, -0.1) is 10.2 Å². The number of fused-ring (bicyclic) bond motifs is 3. The van der Waals surface area contributed by atoms with Crippen molar-refractivity contribution < 1.29 is 9.59 Å². The number of benzene rings is 1. The van der Waals surface area contributed by atoms with Gasteiger partial charge in [-0.1, -0.05) is 36.4 Å². The van der Waals surface area contributed by atoms with Crippen LogP contribution >= 0.6 is 0 Å². The highest BCUT2D eigenvalue weighted by Crippen LogP contribution is 2.51. The zero-order chi connectivity index (χ0) is 29.1. The molecule has 4 aromatic heterocycles. The third-order valence-corrected chi connectivity index (χ3v) is 9.11. The number of piperidine rings is 1. The molecule has 3 fully saturated rings. The molecule has 2 saturated heterocycles. The first-order valence-corrected chi connectivity index (χ1v) is 14.9. The van der Waals surface area contributed by atoms with Gasteiger partial charge in [0.1, 0.15) is 12.1 Å². The molecule has 1 aromatic carbocycles. The normalized spacial score (nSPS) is 21.3. The smallest absolute Gasteiger partial charge is 0.292 e. The van der Waals surface area contributed by atoms with Crippen molar-refractivity contribution in [3.05, 3.63) is 78.3 Å². The number of nitrogens with zero attached hydrogens (tertiary/aromatic N) is 7. The third-order valence-electron chi connectivity index (χ3n) is 9.11. The highest BCUT2D eigenvalue weighted by molar-refractivity contribution is 5.91. The lowest BCUT2D eigenvalue weighted by atomic mass is 9.85. The monoisotopic (exact) mass is 573 g/mol. The second-order valence-electron chi connectivity index (χ2n) is 11.9. The summed E-state index contributed by atoms with van der Waals surface area (Å²) in [6, 6.07) is 14.4. The van der Waals surface area contributed by atoms with E-state index in [-0.39, 0.29) is 35.6 Å². The van der Waals surface area contributed by atoms with E-state index < -0.39 is 0 Å². The van der Waals surface area contributed by atoms with Crippen molar-refractivity contribution in [2.75, 3.05) is 5.32 Å². The number of pyridine rings is 1. The van der Waals surface area contributed by atoms with Gasteiger partial charge in [-0.2, -0.15) is 9.61 Å². The summed E-state index contributed by atoms with van der Waals surface area (Å²) in [6.07, 6.45) is 10.8. The lowest BCUT2D eigenvalue weighted by molar-refractivity contribution is -0.114. The maximum absolute atomic E-state index is 13.3. The van der Waals surface area contributed by atoms with Crippen molar-refractivity contribution >= 4 is 23.3 Å². The first kappa shape index (κ1) is 25.8. The fraction of sp³-hybridized carbons (Fsp3) is 0.344. The molecule has 1 saturated carbocycles. The molecule has 2 amide bonds. The van der Waals surface area contributed by atoms with Crippen LogP contribution in [-0.2, 0) is 4.79 Å². The molecule has 8 rings (SSSR count). The summed E-state index contributed by atoms with van der Waals surface area (Å²) in [5.41, 5.74) is 6.54. The first-order valence-electron chi connectivity index (χ1n) is 14.9. The lowest BCUT2D eigenvalue weighted by Gasteiger charge is -2.39. The summed E-state index contributed by atoms with van der Waals surface area (Å²) in [5, 5.41) is 15.6.